The first kappa shape index (κ1) is 27.2. The molecule has 0 aliphatic heterocycles. The summed E-state index contributed by atoms with van der Waals surface area (Å²) in [6, 6.07) is 6.44. The molecule has 0 unspecified atom stereocenters. The van der Waals surface area contributed by atoms with Gasteiger partial charge >= 0.3 is 6.18 Å². The van der Waals surface area contributed by atoms with Gasteiger partial charge in [-0.1, -0.05) is 30.3 Å². The van der Waals surface area contributed by atoms with E-state index in [9.17, 15) is 28.5 Å². The number of fused-ring (bicyclic) bond motifs is 1. The minimum Gasteiger partial charge on any atom is -0.396 e. The van der Waals surface area contributed by atoms with Gasteiger partial charge in [0, 0.05) is 18.7 Å². The van der Waals surface area contributed by atoms with Crippen molar-refractivity contribution in [2.24, 2.45) is 5.92 Å². The lowest BCUT2D eigenvalue weighted by molar-refractivity contribution is -0.144. The molecule has 9 nitrogen and oxygen atoms in total. The third-order valence-corrected chi connectivity index (χ3v) is 7.92. The maximum Gasteiger partial charge on any atom is 0.412 e. The minimum absolute atomic E-state index is 0.000822. The number of aryl methyl sites for hydroxylation is 2. The number of rotatable bonds is 7. The highest BCUT2D eigenvalue weighted by atomic mass is 32.1. The summed E-state index contributed by atoms with van der Waals surface area (Å²) in [5.41, 5.74) is 2.22. The summed E-state index contributed by atoms with van der Waals surface area (Å²) in [6.45, 7) is 3.15. The van der Waals surface area contributed by atoms with Crippen LogP contribution >= 0.6 is 11.3 Å². The van der Waals surface area contributed by atoms with Gasteiger partial charge in [0.25, 0.3) is 0 Å². The number of aromatic nitrogens is 4. The van der Waals surface area contributed by atoms with Crippen molar-refractivity contribution in [3.05, 3.63) is 59.5 Å². The number of nitrogens with zero attached hydrogens (tertiary/aromatic N) is 4. The van der Waals surface area contributed by atoms with E-state index in [1.165, 1.54) is 35.6 Å². The van der Waals surface area contributed by atoms with Gasteiger partial charge in [0.1, 0.15) is 22.4 Å². The molecule has 1 aliphatic carbocycles. The monoisotopic (exact) mass is 560 g/mol. The summed E-state index contributed by atoms with van der Waals surface area (Å²) in [7, 11) is 0. The lowest BCUT2D eigenvalue weighted by Gasteiger charge is -2.24. The Morgan fingerprint density at radius 2 is 1.77 bits per heavy atom. The van der Waals surface area contributed by atoms with Crippen LogP contribution in [0, 0.1) is 19.8 Å². The summed E-state index contributed by atoms with van der Waals surface area (Å²) in [4.78, 5) is 17.8. The molecule has 39 heavy (non-hydrogen) atoms. The topological polar surface area (TPSA) is 136 Å². The fourth-order valence-corrected chi connectivity index (χ4v) is 5.95. The van der Waals surface area contributed by atoms with E-state index in [1.807, 2.05) is 13.0 Å². The predicted octanol–water partition coefficient (Wildman–Crippen LogP) is 4.00. The molecular formula is C26H27F3N6O3S. The number of anilines is 2. The van der Waals surface area contributed by atoms with Crippen LogP contribution in [-0.2, 0) is 0 Å². The average molecular weight is 561 g/mol. The van der Waals surface area contributed by atoms with Gasteiger partial charge in [0.05, 0.1) is 33.8 Å². The molecule has 5 N–H and O–H groups in total. The fourth-order valence-electron chi connectivity index (χ4n) is 4.84. The Kier molecular flexibility index (Phi) is 7.42. The fraction of sp³-hybridized carbons (Fsp3) is 0.385. The molecule has 0 bridgehead atoms. The number of benzene rings is 1. The number of nitrogens with one attached hydrogen (secondary N) is 2. The maximum atomic E-state index is 14.1. The third-order valence-electron chi connectivity index (χ3n) is 6.89. The first-order valence-electron chi connectivity index (χ1n) is 12.3. The van der Waals surface area contributed by atoms with Crippen molar-refractivity contribution < 1.29 is 28.5 Å². The normalized spacial score (nSPS) is 22.3. The molecule has 0 radical (unpaired) electrons. The molecule has 3 heterocycles. The number of hydrogen-bond acceptors (Lipinski definition) is 10. The Morgan fingerprint density at radius 1 is 1.03 bits per heavy atom. The maximum absolute atomic E-state index is 14.1. The number of halogens is 3. The van der Waals surface area contributed by atoms with Gasteiger partial charge in [-0.3, -0.25) is 4.98 Å². The zero-order valence-corrected chi connectivity index (χ0v) is 21.8. The van der Waals surface area contributed by atoms with E-state index in [0.717, 1.165) is 10.4 Å². The first-order valence-corrected chi connectivity index (χ1v) is 13.1. The van der Waals surface area contributed by atoms with Crippen LogP contribution in [0.4, 0.5) is 24.9 Å². The van der Waals surface area contributed by atoms with Crippen molar-refractivity contribution in [1.29, 1.82) is 0 Å². The highest BCUT2D eigenvalue weighted by Crippen LogP contribution is 2.40. The molecule has 5 atom stereocenters. The van der Waals surface area contributed by atoms with Crippen molar-refractivity contribution in [2.45, 2.75) is 50.7 Å². The van der Waals surface area contributed by atoms with Crippen LogP contribution in [-0.4, -0.2) is 66.3 Å². The van der Waals surface area contributed by atoms with Gasteiger partial charge in [-0.15, -0.1) is 11.3 Å². The molecule has 13 heteroatoms. The molecule has 206 valence electrons. The lowest BCUT2D eigenvalue weighted by Crippen LogP contribution is -2.36. The number of pyridine rings is 1. The Balaban J connectivity index is 1.59. The van der Waals surface area contributed by atoms with Crippen LogP contribution in [0.1, 0.15) is 29.4 Å². The second-order valence-corrected chi connectivity index (χ2v) is 10.6. The van der Waals surface area contributed by atoms with E-state index in [4.69, 9.17) is 4.98 Å². The van der Waals surface area contributed by atoms with Crippen molar-refractivity contribution in [1.82, 2.24) is 19.9 Å². The molecule has 0 saturated heterocycles. The van der Waals surface area contributed by atoms with E-state index in [-0.39, 0.29) is 30.4 Å². The second-order valence-electron chi connectivity index (χ2n) is 9.56. The number of thiazole rings is 1. The molecule has 1 saturated carbocycles. The van der Waals surface area contributed by atoms with Gasteiger partial charge in [-0.2, -0.15) is 18.2 Å². The molecule has 3 aromatic heterocycles. The van der Waals surface area contributed by atoms with Crippen LogP contribution in [0.25, 0.3) is 20.8 Å². The molecule has 1 aromatic carbocycles. The van der Waals surface area contributed by atoms with Gasteiger partial charge in [-0.25, -0.2) is 9.97 Å². The van der Waals surface area contributed by atoms with E-state index in [1.54, 1.807) is 19.2 Å². The molecule has 5 rings (SSSR count). The molecule has 0 spiro atoms. The van der Waals surface area contributed by atoms with E-state index >= 15 is 0 Å². The standard InChI is InChI=1S/C26H27F3N6O3S/c1-12-18(24-33-19-13(2)30-9-8-17(19)39-24)23(32-16-10-15(11-36)20(37)21(16)38)35-25(31-12)34-22(26(27,28)29)14-6-4-3-5-7-14/h3-9,15-16,20-22,36-38H,10-11H2,1-2H3,(H2,31,32,34,35)/t15-,16-,20-,21+,22+/m1/s1. The van der Waals surface area contributed by atoms with Crippen LogP contribution in [0.15, 0.2) is 42.6 Å². The Hall–Kier alpha value is -3.39. The van der Waals surface area contributed by atoms with Crippen molar-refractivity contribution in [2.75, 3.05) is 17.2 Å². The van der Waals surface area contributed by atoms with Crippen molar-refractivity contribution >= 4 is 33.3 Å². The average Bonchev–Trinajstić information content (AvgIpc) is 3.44. The summed E-state index contributed by atoms with van der Waals surface area (Å²) in [5, 5.41) is 36.6. The molecule has 0 amide bonds. The Bertz CT molecular complexity index is 1470. The molecule has 1 fully saturated rings. The molecule has 4 aromatic rings. The Morgan fingerprint density at radius 3 is 2.41 bits per heavy atom. The largest absolute Gasteiger partial charge is 0.412 e. The predicted molar refractivity (Wildman–Crippen MR) is 141 cm³/mol. The van der Waals surface area contributed by atoms with Crippen LogP contribution in [0.3, 0.4) is 0 Å². The first-order chi connectivity index (χ1) is 18.6. The second kappa shape index (κ2) is 10.6. The number of aliphatic hydroxyl groups excluding tert-OH is 3. The van der Waals surface area contributed by atoms with Crippen molar-refractivity contribution in [3.63, 3.8) is 0 Å². The minimum atomic E-state index is -4.64. The zero-order chi connectivity index (χ0) is 27.9. The van der Waals surface area contributed by atoms with Gasteiger partial charge in [0.2, 0.25) is 5.95 Å². The van der Waals surface area contributed by atoms with Crippen molar-refractivity contribution in [3.8, 4) is 10.6 Å². The zero-order valence-electron chi connectivity index (χ0n) is 21.0. The summed E-state index contributed by atoms with van der Waals surface area (Å²) in [5.74, 6) is -0.681. The summed E-state index contributed by atoms with van der Waals surface area (Å²) in [6.07, 6.45) is -5.14. The summed E-state index contributed by atoms with van der Waals surface area (Å²) >= 11 is 1.35. The Labute approximate surface area is 225 Å². The van der Waals surface area contributed by atoms with E-state index in [2.05, 4.69) is 25.6 Å². The van der Waals surface area contributed by atoms with Crippen LogP contribution < -0.4 is 10.6 Å². The highest BCUT2D eigenvalue weighted by molar-refractivity contribution is 7.21. The van der Waals surface area contributed by atoms with Gasteiger partial charge in [0.15, 0.2) is 6.04 Å². The third kappa shape index (κ3) is 5.39. The number of aliphatic hydroxyl groups is 3. The lowest BCUT2D eigenvalue weighted by atomic mass is 10.1. The van der Waals surface area contributed by atoms with Crippen LogP contribution in [0.2, 0.25) is 0 Å². The number of alkyl halides is 3. The quantitative estimate of drug-likeness (QED) is 0.227. The molecule has 1 aliphatic rings. The van der Waals surface area contributed by atoms with E-state index < -0.39 is 36.4 Å². The highest BCUT2D eigenvalue weighted by Gasteiger charge is 2.43. The van der Waals surface area contributed by atoms with Gasteiger partial charge in [-0.05, 0) is 31.9 Å². The smallest absolute Gasteiger partial charge is 0.396 e. The molecular weight excluding hydrogens is 533 g/mol. The van der Waals surface area contributed by atoms with E-state index in [0.29, 0.717) is 21.8 Å². The van der Waals surface area contributed by atoms with Gasteiger partial charge < -0.3 is 26.0 Å². The number of hydrogen-bond donors (Lipinski definition) is 5. The SMILES string of the molecule is Cc1nc(N[C@@H](c2ccccc2)C(F)(F)F)nc(N[C@@H]2C[C@H](CO)[C@@H](O)[C@H]2O)c1-c1nc2c(C)nccc2s1. The summed E-state index contributed by atoms with van der Waals surface area (Å²) < 4.78 is 43.1. The van der Waals surface area contributed by atoms with Crippen LogP contribution in [0.5, 0.6) is 0 Å².